The van der Waals surface area contributed by atoms with E-state index in [9.17, 15) is 8.42 Å². The van der Waals surface area contributed by atoms with Gasteiger partial charge >= 0.3 is 10.4 Å². The van der Waals surface area contributed by atoms with Crippen molar-refractivity contribution in [3.8, 4) is 0 Å². The van der Waals surface area contributed by atoms with Gasteiger partial charge in [0.2, 0.25) is 0 Å². The predicted octanol–water partition coefficient (Wildman–Crippen LogP) is 5.09. The third-order valence-electron chi connectivity index (χ3n) is 3.99. The molecule has 126 valence electrons. The zero-order chi connectivity index (χ0) is 15.4. The van der Waals surface area contributed by atoms with Crippen molar-refractivity contribution in [3.63, 3.8) is 0 Å². The summed E-state index contributed by atoms with van der Waals surface area (Å²) in [7, 11) is -3.60. The van der Waals surface area contributed by atoms with E-state index in [1.807, 2.05) is 0 Å². The van der Waals surface area contributed by atoms with Gasteiger partial charge in [0.1, 0.15) is 0 Å². The Bertz CT molecular complexity index is 328. The Morgan fingerprint density at radius 2 is 1.05 bits per heavy atom. The van der Waals surface area contributed by atoms with Gasteiger partial charge in [0, 0.05) is 6.42 Å². The third kappa shape index (κ3) is 10.3. The standard InChI is InChI=1S/C16H32O4S/c1-2-3-4-5-6-7-8-9-10-11-12-13-14-15-16-19-21(17,18)20-16/h16H,2-15H2,1H3. The van der Waals surface area contributed by atoms with Crippen molar-refractivity contribution >= 4 is 10.4 Å². The lowest BCUT2D eigenvalue weighted by Gasteiger charge is -2.24. The van der Waals surface area contributed by atoms with Crippen LogP contribution in [0.5, 0.6) is 0 Å². The molecule has 1 heterocycles. The molecular weight excluding hydrogens is 288 g/mol. The molecule has 0 saturated carbocycles. The average Bonchev–Trinajstić information content (AvgIpc) is 2.41. The van der Waals surface area contributed by atoms with Gasteiger partial charge in [0.05, 0.1) is 0 Å². The maximum Gasteiger partial charge on any atom is 0.404 e. The summed E-state index contributed by atoms with van der Waals surface area (Å²) >= 11 is 0. The van der Waals surface area contributed by atoms with Crippen molar-refractivity contribution in [2.24, 2.45) is 0 Å². The topological polar surface area (TPSA) is 52.6 Å². The summed E-state index contributed by atoms with van der Waals surface area (Å²) in [5.41, 5.74) is 0. The second-order valence-electron chi connectivity index (χ2n) is 6.06. The summed E-state index contributed by atoms with van der Waals surface area (Å²) < 4.78 is 30.3. The normalized spacial score (nSPS) is 17.8. The Balaban J connectivity index is 1.69. The summed E-state index contributed by atoms with van der Waals surface area (Å²) in [6.45, 7) is 2.26. The van der Waals surface area contributed by atoms with Crippen LogP contribution in [0, 0.1) is 0 Å². The number of unbranched alkanes of at least 4 members (excludes halogenated alkanes) is 12. The smallest absolute Gasteiger partial charge is 0.215 e. The third-order valence-corrected chi connectivity index (χ3v) is 4.89. The fourth-order valence-corrected chi connectivity index (χ4v) is 3.43. The summed E-state index contributed by atoms with van der Waals surface area (Å²) in [4.78, 5) is 0. The van der Waals surface area contributed by atoms with E-state index in [0.717, 1.165) is 12.8 Å². The molecule has 1 saturated heterocycles. The molecule has 0 amide bonds. The molecule has 0 spiro atoms. The molecule has 1 aliphatic heterocycles. The van der Waals surface area contributed by atoms with Gasteiger partial charge in [-0.15, -0.1) is 0 Å². The fourth-order valence-electron chi connectivity index (χ4n) is 2.70. The van der Waals surface area contributed by atoms with Crippen molar-refractivity contribution in [2.45, 2.75) is 103 Å². The van der Waals surface area contributed by atoms with Crippen LogP contribution in [-0.2, 0) is 18.8 Å². The van der Waals surface area contributed by atoms with Crippen LogP contribution in [0.3, 0.4) is 0 Å². The molecular formula is C16H32O4S. The molecule has 0 unspecified atom stereocenters. The molecule has 0 atom stereocenters. The van der Waals surface area contributed by atoms with E-state index in [2.05, 4.69) is 15.3 Å². The number of hydrogen-bond acceptors (Lipinski definition) is 4. The molecule has 0 aromatic heterocycles. The lowest BCUT2D eigenvalue weighted by molar-refractivity contribution is -0.0842. The highest BCUT2D eigenvalue weighted by atomic mass is 32.3. The zero-order valence-corrected chi connectivity index (χ0v) is 14.3. The predicted molar refractivity (Wildman–Crippen MR) is 85.2 cm³/mol. The highest BCUT2D eigenvalue weighted by Crippen LogP contribution is 2.23. The molecule has 4 nitrogen and oxygen atoms in total. The molecule has 0 N–H and O–H groups in total. The largest absolute Gasteiger partial charge is 0.404 e. The molecule has 0 radical (unpaired) electrons. The van der Waals surface area contributed by atoms with E-state index >= 15 is 0 Å². The van der Waals surface area contributed by atoms with Gasteiger partial charge in [-0.3, -0.25) is 0 Å². The maximum absolute atomic E-state index is 10.6. The Morgan fingerprint density at radius 1 is 0.667 bits per heavy atom. The molecule has 0 aliphatic carbocycles. The van der Waals surface area contributed by atoms with Crippen molar-refractivity contribution in [2.75, 3.05) is 0 Å². The Labute approximate surface area is 130 Å². The van der Waals surface area contributed by atoms with Gasteiger partial charge in [-0.1, -0.05) is 84.0 Å². The van der Waals surface area contributed by atoms with Crippen LogP contribution in [0.15, 0.2) is 0 Å². The van der Waals surface area contributed by atoms with Crippen LogP contribution in [-0.4, -0.2) is 14.7 Å². The Morgan fingerprint density at radius 3 is 1.43 bits per heavy atom. The summed E-state index contributed by atoms with van der Waals surface area (Å²) in [6.07, 6.45) is 17.2. The molecule has 1 aliphatic rings. The van der Waals surface area contributed by atoms with Crippen molar-refractivity contribution in [1.29, 1.82) is 0 Å². The average molecular weight is 320 g/mol. The van der Waals surface area contributed by atoms with Crippen molar-refractivity contribution in [1.82, 2.24) is 0 Å². The molecule has 1 rings (SSSR count). The summed E-state index contributed by atoms with van der Waals surface area (Å²) in [6, 6.07) is 0. The molecule has 5 heteroatoms. The van der Waals surface area contributed by atoms with E-state index in [1.165, 1.54) is 70.6 Å². The first kappa shape index (κ1) is 18.9. The van der Waals surface area contributed by atoms with Crippen LogP contribution < -0.4 is 0 Å². The SMILES string of the molecule is CCCCCCCCCCCCCCCC1OS(=O)(=O)O1. The van der Waals surface area contributed by atoms with Crippen LogP contribution >= 0.6 is 0 Å². The fraction of sp³-hybridized carbons (Fsp3) is 1.00. The van der Waals surface area contributed by atoms with Crippen LogP contribution in [0.1, 0.15) is 96.8 Å². The molecule has 0 aromatic carbocycles. The highest BCUT2D eigenvalue weighted by molar-refractivity contribution is 7.82. The highest BCUT2D eigenvalue weighted by Gasteiger charge is 2.35. The second-order valence-corrected chi connectivity index (χ2v) is 7.26. The van der Waals surface area contributed by atoms with Gasteiger partial charge < -0.3 is 0 Å². The first-order valence-electron chi connectivity index (χ1n) is 8.75. The van der Waals surface area contributed by atoms with Crippen LogP contribution in [0.2, 0.25) is 0 Å². The van der Waals surface area contributed by atoms with Gasteiger partial charge in [-0.2, -0.15) is 8.42 Å². The van der Waals surface area contributed by atoms with Gasteiger partial charge in [0.15, 0.2) is 6.29 Å². The first-order valence-corrected chi connectivity index (χ1v) is 10.1. The lowest BCUT2D eigenvalue weighted by Crippen LogP contribution is -2.35. The quantitative estimate of drug-likeness (QED) is 0.418. The van der Waals surface area contributed by atoms with Gasteiger partial charge in [0.25, 0.3) is 0 Å². The molecule has 1 fully saturated rings. The number of rotatable bonds is 14. The van der Waals surface area contributed by atoms with Crippen molar-refractivity contribution in [3.05, 3.63) is 0 Å². The van der Waals surface area contributed by atoms with Crippen molar-refractivity contribution < 1.29 is 16.8 Å². The van der Waals surface area contributed by atoms with Crippen LogP contribution in [0.4, 0.5) is 0 Å². The summed E-state index contributed by atoms with van der Waals surface area (Å²) in [5.74, 6) is 0. The lowest BCUT2D eigenvalue weighted by atomic mass is 10.0. The van der Waals surface area contributed by atoms with Gasteiger partial charge in [-0.05, 0) is 6.42 Å². The molecule has 0 aromatic rings. The Hall–Kier alpha value is -0.130. The minimum atomic E-state index is -3.60. The Kier molecular flexibility index (Phi) is 10.3. The molecule has 21 heavy (non-hydrogen) atoms. The van der Waals surface area contributed by atoms with E-state index < -0.39 is 16.7 Å². The summed E-state index contributed by atoms with van der Waals surface area (Å²) in [5, 5.41) is 0. The van der Waals surface area contributed by atoms with E-state index in [4.69, 9.17) is 0 Å². The minimum absolute atomic E-state index is 0.511. The number of hydrogen-bond donors (Lipinski definition) is 0. The van der Waals surface area contributed by atoms with Crippen LogP contribution in [0.25, 0.3) is 0 Å². The second kappa shape index (κ2) is 11.4. The van der Waals surface area contributed by atoms with E-state index in [-0.39, 0.29) is 0 Å². The minimum Gasteiger partial charge on any atom is -0.215 e. The zero-order valence-electron chi connectivity index (χ0n) is 13.5. The monoisotopic (exact) mass is 320 g/mol. The van der Waals surface area contributed by atoms with Gasteiger partial charge in [-0.25, -0.2) is 8.37 Å². The van der Waals surface area contributed by atoms with E-state index in [0.29, 0.717) is 6.42 Å². The maximum atomic E-state index is 10.6. The molecule has 0 bridgehead atoms. The van der Waals surface area contributed by atoms with E-state index in [1.54, 1.807) is 0 Å². The first-order chi connectivity index (χ1) is 10.1.